The first-order valence-corrected chi connectivity index (χ1v) is 12.3. The highest BCUT2D eigenvalue weighted by molar-refractivity contribution is 6.46. The van der Waals surface area contributed by atoms with Crippen LogP contribution in [0.5, 0.6) is 0 Å². The number of likely N-dealkylation sites (tertiary alicyclic amines) is 1. The van der Waals surface area contributed by atoms with Crippen molar-refractivity contribution in [2.45, 2.75) is 26.3 Å². The first-order chi connectivity index (χ1) is 18.1. The van der Waals surface area contributed by atoms with Crippen LogP contribution in [0.2, 0.25) is 0 Å². The molecule has 3 heterocycles. The number of rotatable bonds is 8. The Bertz CT molecular complexity index is 1290. The molecule has 2 aliphatic rings. The molecule has 1 aromatic carbocycles. The summed E-state index contributed by atoms with van der Waals surface area (Å²) >= 11 is 0. The van der Waals surface area contributed by atoms with E-state index in [1.54, 1.807) is 13.8 Å². The number of ether oxygens (including phenoxy) is 2. The van der Waals surface area contributed by atoms with E-state index in [1.807, 2.05) is 0 Å². The lowest BCUT2D eigenvalue weighted by atomic mass is 9.94. The van der Waals surface area contributed by atoms with Crippen LogP contribution in [0.25, 0.3) is 5.76 Å². The van der Waals surface area contributed by atoms with Gasteiger partial charge in [-0.25, -0.2) is 4.79 Å². The number of esters is 1. The number of Topliss-reactive ketones (excluding diaryl/α,β-unsaturated/α-hetero) is 1. The fourth-order valence-electron chi connectivity index (χ4n) is 5.07. The van der Waals surface area contributed by atoms with Gasteiger partial charge in [-0.1, -0.05) is 0 Å². The second-order valence-electron chi connectivity index (χ2n) is 9.27. The van der Waals surface area contributed by atoms with Crippen LogP contribution in [-0.4, -0.2) is 89.0 Å². The van der Waals surface area contributed by atoms with Crippen LogP contribution in [0.1, 0.15) is 45.3 Å². The summed E-state index contributed by atoms with van der Waals surface area (Å²) in [6.07, 6.45) is 0.575. The van der Waals surface area contributed by atoms with Gasteiger partial charge in [-0.15, -0.1) is 0 Å². The summed E-state index contributed by atoms with van der Waals surface area (Å²) in [5.41, 5.74) is 1.30. The summed E-state index contributed by atoms with van der Waals surface area (Å²) in [6, 6.07) is 4.59. The van der Waals surface area contributed by atoms with Crippen molar-refractivity contribution >= 4 is 29.1 Å². The number of methoxy groups -OCH3 is 1. The first kappa shape index (κ1) is 27.0. The molecule has 0 radical (unpaired) electrons. The van der Waals surface area contributed by atoms with Gasteiger partial charge in [-0.05, 0) is 43.5 Å². The topological polar surface area (TPSA) is 155 Å². The first-order valence-electron chi connectivity index (χ1n) is 12.3. The molecule has 2 saturated heterocycles. The Labute approximate surface area is 219 Å². The number of nitrogens with one attached hydrogen (secondary N) is 1. The predicted molar refractivity (Wildman–Crippen MR) is 136 cm³/mol. The van der Waals surface area contributed by atoms with Gasteiger partial charge >= 0.3 is 5.97 Å². The summed E-state index contributed by atoms with van der Waals surface area (Å²) in [6.45, 7) is 6.99. The van der Waals surface area contributed by atoms with Crippen molar-refractivity contribution in [3.63, 3.8) is 0 Å². The van der Waals surface area contributed by atoms with Crippen LogP contribution in [0.3, 0.4) is 0 Å². The van der Waals surface area contributed by atoms with Gasteiger partial charge in [0.25, 0.3) is 17.4 Å². The summed E-state index contributed by atoms with van der Waals surface area (Å²) < 4.78 is 10.2. The van der Waals surface area contributed by atoms with Crippen molar-refractivity contribution < 1.29 is 33.9 Å². The molecule has 0 aliphatic carbocycles. The number of aliphatic hydroxyl groups excluding tert-OH is 1. The number of aromatic amines is 1. The fraction of sp³-hybridized carbons (Fsp3) is 0.423. The second-order valence-corrected chi connectivity index (χ2v) is 9.27. The van der Waals surface area contributed by atoms with E-state index in [0.717, 1.165) is 13.1 Å². The number of H-pyrrole nitrogens is 1. The van der Waals surface area contributed by atoms with E-state index in [1.165, 1.54) is 36.3 Å². The molecule has 12 heteroatoms. The van der Waals surface area contributed by atoms with Gasteiger partial charge in [0, 0.05) is 49.6 Å². The Balaban J connectivity index is 1.76. The van der Waals surface area contributed by atoms with E-state index in [2.05, 4.69) is 9.88 Å². The minimum absolute atomic E-state index is 0.123. The number of benzene rings is 1. The van der Waals surface area contributed by atoms with E-state index in [0.29, 0.717) is 43.0 Å². The number of non-ortho nitro benzene ring substituents is 1. The molecule has 0 saturated carbocycles. The number of carbonyl (C=O) groups is 3. The highest BCUT2D eigenvalue weighted by Crippen LogP contribution is 2.41. The highest BCUT2D eigenvalue weighted by atomic mass is 16.6. The van der Waals surface area contributed by atoms with Crippen molar-refractivity contribution in [2.24, 2.45) is 0 Å². The number of nitrogens with zero attached hydrogens (tertiary/aromatic N) is 3. The van der Waals surface area contributed by atoms with Gasteiger partial charge in [-0.3, -0.25) is 24.6 Å². The molecule has 2 aliphatic heterocycles. The lowest BCUT2D eigenvalue weighted by Crippen LogP contribution is -2.38. The van der Waals surface area contributed by atoms with E-state index in [9.17, 15) is 29.6 Å². The summed E-state index contributed by atoms with van der Waals surface area (Å²) in [5.74, 6) is -2.70. The maximum Gasteiger partial charge on any atom is 0.354 e. The van der Waals surface area contributed by atoms with Gasteiger partial charge in [-0.2, -0.15) is 0 Å². The lowest BCUT2D eigenvalue weighted by molar-refractivity contribution is -0.384. The zero-order valence-corrected chi connectivity index (χ0v) is 21.5. The van der Waals surface area contributed by atoms with E-state index < -0.39 is 34.4 Å². The normalized spacial score (nSPS) is 19.7. The number of carbonyl (C=O) groups excluding carboxylic acids is 3. The Morgan fingerprint density at radius 1 is 1.18 bits per heavy atom. The van der Waals surface area contributed by atoms with Crippen LogP contribution < -0.4 is 0 Å². The summed E-state index contributed by atoms with van der Waals surface area (Å²) in [4.78, 5) is 55.9. The molecule has 12 nitrogen and oxygen atoms in total. The number of aliphatic hydroxyl groups is 1. The molecular weight excluding hydrogens is 496 g/mol. The maximum atomic E-state index is 13.3. The molecule has 2 fully saturated rings. The second kappa shape index (κ2) is 11.2. The Hall–Kier alpha value is -4.03. The van der Waals surface area contributed by atoms with Crippen molar-refractivity contribution in [1.82, 2.24) is 14.8 Å². The zero-order chi connectivity index (χ0) is 27.6. The number of nitro groups is 1. The van der Waals surface area contributed by atoms with E-state index >= 15 is 0 Å². The number of ketones is 1. The smallest absolute Gasteiger partial charge is 0.354 e. The standard InChI is InChI=1S/C26H30N4O8/c1-15-19(16(2)27-21(15)26(34)37-3)23(31)20-22(17-5-7-18(8-6-17)30(35)36)29(25(33)24(20)32)10-4-9-28-11-13-38-14-12-28/h5-8,22,27,31H,4,9-14H2,1-3H3/t22-/m0/s1. The molecule has 202 valence electrons. The molecule has 1 atom stereocenters. The molecule has 2 aromatic rings. The Morgan fingerprint density at radius 2 is 1.84 bits per heavy atom. The number of morpholine rings is 1. The van der Waals surface area contributed by atoms with Crippen molar-refractivity contribution in [2.75, 3.05) is 46.5 Å². The molecule has 0 spiro atoms. The highest BCUT2D eigenvalue weighted by Gasteiger charge is 2.46. The minimum atomic E-state index is -0.962. The molecule has 1 aromatic heterocycles. The summed E-state index contributed by atoms with van der Waals surface area (Å²) in [5, 5.41) is 22.6. The molecule has 4 rings (SSSR count). The molecule has 1 amide bonds. The third-order valence-electron chi connectivity index (χ3n) is 7.00. The molecule has 0 bridgehead atoms. The maximum absolute atomic E-state index is 13.3. The lowest BCUT2D eigenvalue weighted by Gasteiger charge is -2.29. The van der Waals surface area contributed by atoms with Gasteiger partial charge < -0.3 is 24.5 Å². The number of hydrogen-bond acceptors (Lipinski definition) is 9. The summed E-state index contributed by atoms with van der Waals surface area (Å²) in [7, 11) is 1.23. The number of aryl methyl sites for hydroxylation is 1. The largest absolute Gasteiger partial charge is 0.507 e. The van der Waals surface area contributed by atoms with Gasteiger partial charge in [0.15, 0.2) is 0 Å². The van der Waals surface area contributed by atoms with Crippen molar-refractivity contribution in [3.05, 3.63) is 68.0 Å². The fourth-order valence-corrected chi connectivity index (χ4v) is 5.07. The third-order valence-corrected chi connectivity index (χ3v) is 7.00. The zero-order valence-electron chi connectivity index (χ0n) is 21.5. The quantitative estimate of drug-likeness (QED) is 0.132. The van der Waals surface area contributed by atoms with Crippen LogP contribution in [0.4, 0.5) is 5.69 Å². The average Bonchev–Trinajstić information content (AvgIpc) is 3.35. The SMILES string of the molecule is COC(=O)c1[nH]c(C)c(C(O)=C2C(=O)C(=O)N(CCCN3CCOCC3)[C@H]2c2ccc([N+](=O)[O-])cc2)c1C. The van der Waals surface area contributed by atoms with Gasteiger partial charge in [0.2, 0.25) is 0 Å². The number of aromatic nitrogens is 1. The molecule has 0 unspecified atom stereocenters. The van der Waals surface area contributed by atoms with Crippen LogP contribution in [0, 0.1) is 24.0 Å². The van der Waals surface area contributed by atoms with Crippen LogP contribution in [-0.2, 0) is 19.1 Å². The van der Waals surface area contributed by atoms with Gasteiger partial charge in [0.1, 0.15) is 11.5 Å². The number of nitro benzene ring substituents is 1. The van der Waals surface area contributed by atoms with E-state index in [4.69, 9.17) is 9.47 Å². The van der Waals surface area contributed by atoms with Gasteiger partial charge in [0.05, 0.1) is 36.9 Å². The van der Waals surface area contributed by atoms with Crippen LogP contribution in [0.15, 0.2) is 29.8 Å². The minimum Gasteiger partial charge on any atom is -0.507 e. The third kappa shape index (κ3) is 5.04. The monoisotopic (exact) mass is 526 g/mol. The Morgan fingerprint density at radius 3 is 2.45 bits per heavy atom. The average molecular weight is 527 g/mol. The molecular formula is C26H30N4O8. The van der Waals surface area contributed by atoms with Crippen molar-refractivity contribution in [3.8, 4) is 0 Å². The number of amides is 1. The Kier molecular flexibility index (Phi) is 7.93. The number of hydrogen-bond donors (Lipinski definition) is 2. The van der Waals surface area contributed by atoms with Crippen LogP contribution >= 0.6 is 0 Å². The predicted octanol–water partition coefficient (Wildman–Crippen LogP) is 2.47. The molecule has 2 N–H and O–H groups in total. The van der Waals surface area contributed by atoms with Crippen molar-refractivity contribution in [1.29, 1.82) is 0 Å². The van der Waals surface area contributed by atoms with E-state index in [-0.39, 0.29) is 29.1 Å². The molecule has 38 heavy (non-hydrogen) atoms.